The Balaban J connectivity index is 1.57. The van der Waals surface area contributed by atoms with Gasteiger partial charge in [-0.25, -0.2) is 0 Å². The van der Waals surface area contributed by atoms with Crippen molar-refractivity contribution in [3.63, 3.8) is 0 Å². The van der Waals surface area contributed by atoms with Crippen molar-refractivity contribution in [2.45, 2.75) is 26.2 Å². The molecule has 5 aromatic rings. The summed E-state index contributed by atoms with van der Waals surface area (Å²) in [5.74, 6) is 0.885. The zero-order valence-electron chi connectivity index (χ0n) is 16.7. The fourth-order valence-corrected chi connectivity index (χ4v) is 3.59. The number of rotatable bonds is 4. The summed E-state index contributed by atoms with van der Waals surface area (Å²) in [6, 6.07) is 11.8. The number of alkyl halides is 3. The van der Waals surface area contributed by atoms with E-state index in [1.807, 2.05) is 6.92 Å². The van der Waals surface area contributed by atoms with Gasteiger partial charge in [0.15, 0.2) is 5.82 Å². The second kappa shape index (κ2) is 7.25. The molecule has 0 fully saturated rings. The number of fused-ring (bicyclic) bond motifs is 3. The lowest BCUT2D eigenvalue weighted by Crippen LogP contribution is -2.23. The van der Waals surface area contributed by atoms with Crippen LogP contribution in [0.1, 0.15) is 18.3 Å². The van der Waals surface area contributed by atoms with E-state index in [0.717, 1.165) is 12.1 Å². The molecule has 2 aromatic carbocycles. The quantitative estimate of drug-likeness (QED) is 0.427. The number of aromatic nitrogens is 8. The second-order valence-corrected chi connectivity index (χ2v) is 7.04. The standard InChI is InChI=1S/C20H15F3N8O/c1-2-29-18(32)14-8-3-4-9-15(14)31-16(24-26-19(29)31)11-30-27-17(25-28-30)12-6-5-7-13(10-12)20(21,22)23/h3-10H,2,11H2,1H3. The van der Waals surface area contributed by atoms with Gasteiger partial charge in [-0.1, -0.05) is 24.3 Å². The van der Waals surface area contributed by atoms with Crippen molar-refractivity contribution in [1.82, 2.24) is 39.4 Å². The Labute approximate surface area is 177 Å². The van der Waals surface area contributed by atoms with Crippen LogP contribution in [0.3, 0.4) is 0 Å². The van der Waals surface area contributed by atoms with E-state index in [0.29, 0.717) is 29.0 Å². The largest absolute Gasteiger partial charge is 0.416 e. The second-order valence-electron chi connectivity index (χ2n) is 7.04. The molecular weight excluding hydrogens is 425 g/mol. The summed E-state index contributed by atoms with van der Waals surface area (Å²) >= 11 is 0. The lowest BCUT2D eigenvalue weighted by Gasteiger charge is -2.09. The van der Waals surface area contributed by atoms with Gasteiger partial charge >= 0.3 is 6.18 Å². The van der Waals surface area contributed by atoms with Crippen LogP contribution in [-0.4, -0.2) is 39.4 Å². The summed E-state index contributed by atoms with van der Waals surface area (Å²) in [4.78, 5) is 14.0. The van der Waals surface area contributed by atoms with Gasteiger partial charge < -0.3 is 0 Å². The van der Waals surface area contributed by atoms with Crippen LogP contribution in [0.2, 0.25) is 0 Å². The highest BCUT2D eigenvalue weighted by molar-refractivity contribution is 5.80. The Morgan fingerprint density at radius 1 is 1.00 bits per heavy atom. The lowest BCUT2D eigenvalue weighted by atomic mass is 10.1. The maximum Gasteiger partial charge on any atom is 0.416 e. The van der Waals surface area contributed by atoms with Crippen molar-refractivity contribution in [2.24, 2.45) is 0 Å². The van der Waals surface area contributed by atoms with E-state index in [-0.39, 0.29) is 23.5 Å². The smallest absolute Gasteiger partial charge is 0.277 e. The van der Waals surface area contributed by atoms with E-state index < -0.39 is 11.7 Å². The molecular formula is C20H15F3N8O. The molecule has 0 aliphatic heterocycles. The summed E-state index contributed by atoms with van der Waals surface area (Å²) in [6.45, 7) is 2.30. The molecule has 32 heavy (non-hydrogen) atoms. The number of halogens is 3. The van der Waals surface area contributed by atoms with E-state index in [9.17, 15) is 18.0 Å². The first-order valence-corrected chi connectivity index (χ1v) is 9.68. The first-order chi connectivity index (χ1) is 15.4. The minimum atomic E-state index is -4.47. The molecule has 3 aromatic heterocycles. The molecule has 0 aliphatic carbocycles. The van der Waals surface area contributed by atoms with Crippen LogP contribution in [0.5, 0.6) is 0 Å². The fraction of sp³-hybridized carbons (Fsp3) is 0.200. The average molecular weight is 440 g/mol. The molecule has 3 heterocycles. The molecule has 0 N–H and O–H groups in total. The molecule has 9 nitrogen and oxygen atoms in total. The summed E-state index contributed by atoms with van der Waals surface area (Å²) in [7, 11) is 0. The molecule has 0 unspecified atom stereocenters. The molecule has 0 radical (unpaired) electrons. The normalized spacial score (nSPS) is 12.1. The highest BCUT2D eigenvalue weighted by Crippen LogP contribution is 2.31. The molecule has 0 amide bonds. The zero-order chi connectivity index (χ0) is 22.5. The Kier molecular flexibility index (Phi) is 4.50. The first kappa shape index (κ1) is 19.8. The van der Waals surface area contributed by atoms with Gasteiger partial charge in [-0.15, -0.1) is 20.4 Å². The van der Waals surface area contributed by atoms with Gasteiger partial charge in [0.25, 0.3) is 5.56 Å². The van der Waals surface area contributed by atoms with Crippen LogP contribution < -0.4 is 5.56 Å². The van der Waals surface area contributed by atoms with Gasteiger partial charge in [-0.3, -0.25) is 13.8 Å². The molecule has 0 aliphatic rings. The molecule has 162 valence electrons. The number of hydrogen-bond acceptors (Lipinski definition) is 6. The van der Waals surface area contributed by atoms with Crippen LogP contribution in [0.25, 0.3) is 28.1 Å². The average Bonchev–Trinajstić information content (AvgIpc) is 3.42. The Morgan fingerprint density at radius 3 is 2.59 bits per heavy atom. The number of benzene rings is 2. The van der Waals surface area contributed by atoms with Crippen molar-refractivity contribution in [3.8, 4) is 11.4 Å². The van der Waals surface area contributed by atoms with Crippen molar-refractivity contribution in [2.75, 3.05) is 0 Å². The number of tetrazole rings is 1. The van der Waals surface area contributed by atoms with Crippen molar-refractivity contribution < 1.29 is 13.2 Å². The highest BCUT2D eigenvalue weighted by Gasteiger charge is 2.30. The van der Waals surface area contributed by atoms with Gasteiger partial charge in [0.05, 0.1) is 16.5 Å². The molecule has 0 saturated carbocycles. The Bertz CT molecular complexity index is 1520. The van der Waals surface area contributed by atoms with Gasteiger partial charge in [-0.2, -0.15) is 18.0 Å². The van der Waals surface area contributed by atoms with Crippen molar-refractivity contribution >= 4 is 16.7 Å². The van der Waals surface area contributed by atoms with E-state index >= 15 is 0 Å². The maximum absolute atomic E-state index is 13.0. The van der Waals surface area contributed by atoms with Crippen LogP contribution in [-0.2, 0) is 19.3 Å². The monoisotopic (exact) mass is 440 g/mol. The Hall–Kier alpha value is -4.09. The summed E-state index contributed by atoms with van der Waals surface area (Å²) in [5.41, 5.74) is -0.128. The third-order valence-corrected chi connectivity index (χ3v) is 5.07. The number of nitrogens with zero attached hydrogens (tertiary/aromatic N) is 8. The van der Waals surface area contributed by atoms with Gasteiger partial charge in [0.1, 0.15) is 6.54 Å². The summed E-state index contributed by atoms with van der Waals surface area (Å²) in [6.07, 6.45) is -4.47. The SMILES string of the molecule is CCn1c(=O)c2ccccc2n2c(Cn3nnc(-c4cccc(C(F)(F)F)c4)n3)nnc12. The van der Waals surface area contributed by atoms with Crippen LogP contribution in [0, 0.1) is 0 Å². The van der Waals surface area contributed by atoms with Gasteiger partial charge in [0.2, 0.25) is 11.6 Å². The van der Waals surface area contributed by atoms with Gasteiger partial charge in [0, 0.05) is 12.1 Å². The van der Waals surface area contributed by atoms with Crippen LogP contribution in [0.4, 0.5) is 13.2 Å². The first-order valence-electron chi connectivity index (χ1n) is 9.68. The van der Waals surface area contributed by atoms with Crippen LogP contribution >= 0.6 is 0 Å². The summed E-state index contributed by atoms with van der Waals surface area (Å²) in [5, 5.41) is 20.9. The number of aryl methyl sites for hydroxylation is 1. The topological polar surface area (TPSA) is 95.8 Å². The van der Waals surface area contributed by atoms with E-state index in [1.54, 1.807) is 28.7 Å². The predicted octanol–water partition coefficient (Wildman–Crippen LogP) is 2.78. The highest BCUT2D eigenvalue weighted by atomic mass is 19.4. The summed E-state index contributed by atoms with van der Waals surface area (Å²) < 4.78 is 42.3. The van der Waals surface area contributed by atoms with Crippen molar-refractivity contribution in [3.05, 3.63) is 70.3 Å². The van der Waals surface area contributed by atoms with E-state index in [2.05, 4.69) is 25.6 Å². The number of para-hydroxylation sites is 1. The maximum atomic E-state index is 13.0. The molecule has 5 rings (SSSR count). The zero-order valence-corrected chi connectivity index (χ0v) is 16.7. The van der Waals surface area contributed by atoms with E-state index in [1.165, 1.54) is 21.5 Å². The molecule has 0 saturated heterocycles. The minimum absolute atomic E-state index is 0.0546. The molecule has 0 atom stereocenters. The predicted molar refractivity (Wildman–Crippen MR) is 108 cm³/mol. The Morgan fingerprint density at radius 2 is 1.81 bits per heavy atom. The third kappa shape index (κ3) is 3.20. The third-order valence-electron chi connectivity index (χ3n) is 5.07. The van der Waals surface area contributed by atoms with Crippen molar-refractivity contribution in [1.29, 1.82) is 0 Å². The van der Waals surface area contributed by atoms with E-state index in [4.69, 9.17) is 0 Å². The minimum Gasteiger partial charge on any atom is -0.277 e. The van der Waals surface area contributed by atoms with Crippen LogP contribution in [0.15, 0.2) is 53.3 Å². The fourth-order valence-electron chi connectivity index (χ4n) is 3.59. The number of hydrogen-bond donors (Lipinski definition) is 0. The molecule has 0 spiro atoms. The molecule has 12 heteroatoms. The van der Waals surface area contributed by atoms with Gasteiger partial charge in [-0.05, 0) is 36.4 Å². The lowest BCUT2D eigenvalue weighted by molar-refractivity contribution is -0.137. The molecule has 0 bridgehead atoms.